The summed E-state index contributed by atoms with van der Waals surface area (Å²) in [5, 5.41) is 0. The number of likely N-dealkylation sites (N-methyl/N-ethyl adjacent to an activating group) is 1. The summed E-state index contributed by atoms with van der Waals surface area (Å²) in [6.07, 6.45) is 0.304. The third-order valence-electron chi connectivity index (χ3n) is 9.09. The Bertz CT molecular complexity index is 978. The molecule has 0 radical (unpaired) electrons. The van der Waals surface area contributed by atoms with Crippen LogP contribution in [0.2, 0.25) is 0 Å². The highest BCUT2D eigenvalue weighted by Gasteiger charge is 2.67. The Morgan fingerprint density at radius 2 is 1.63 bits per heavy atom. The average Bonchev–Trinajstić information content (AvgIpc) is 3.16. The van der Waals surface area contributed by atoms with Crippen molar-refractivity contribution in [2.24, 2.45) is 23.7 Å². The molecule has 0 spiro atoms. The Labute approximate surface area is 226 Å². The predicted octanol–water partition coefficient (Wildman–Crippen LogP) is 3.82. The topological polar surface area (TPSA) is 108 Å². The molecule has 0 aromatic rings. The van der Waals surface area contributed by atoms with Gasteiger partial charge in [-0.25, -0.2) is 0 Å². The smallest absolute Gasteiger partial charge is 0.303 e. The second-order valence-electron chi connectivity index (χ2n) is 12.2. The zero-order valence-electron chi connectivity index (χ0n) is 24.4. The van der Waals surface area contributed by atoms with Crippen molar-refractivity contribution in [2.75, 3.05) is 7.05 Å². The summed E-state index contributed by atoms with van der Waals surface area (Å²) in [5.74, 6) is -1.70. The highest BCUT2D eigenvalue weighted by Crippen LogP contribution is 2.59. The minimum atomic E-state index is -1.18. The molecule has 9 nitrogen and oxygen atoms in total. The zero-order valence-corrected chi connectivity index (χ0v) is 24.4. The molecule has 0 N–H and O–H groups in total. The summed E-state index contributed by atoms with van der Waals surface area (Å²) in [6, 6.07) is -0.280. The summed E-state index contributed by atoms with van der Waals surface area (Å²) in [7, 11) is 1.75. The van der Waals surface area contributed by atoms with Gasteiger partial charge in [0, 0.05) is 46.6 Å². The number of rotatable bonds is 5. The van der Waals surface area contributed by atoms with Crippen molar-refractivity contribution < 1.29 is 38.1 Å². The van der Waals surface area contributed by atoms with E-state index in [1.807, 2.05) is 13.8 Å². The van der Waals surface area contributed by atoms with E-state index in [1.54, 1.807) is 11.9 Å². The first-order valence-electron chi connectivity index (χ1n) is 13.6. The summed E-state index contributed by atoms with van der Waals surface area (Å²) >= 11 is 0. The molecule has 4 unspecified atom stereocenters. The molecule has 2 saturated heterocycles. The number of esters is 3. The first-order valence-corrected chi connectivity index (χ1v) is 13.6. The number of ether oxygens (including phenoxy) is 4. The quantitative estimate of drug-likeness (QED) is 0.297. The van der Waals surface area contributed by atoms with Gasteiger partial charge < -0.3 is 23.8 Å². The van der Waals surface area contributed by atoms with Gasteiger partial charge in [0.1, 0.15) is 17.8 Å². The van der Waals surface area contributed by atoms with E-state index in [0.29, 0.717) is 25.7 Å². The number of fused-ring (bicyclic) bond motifs is 5. The van der Waals surface area contributed by atoms with Gasteiger partial charge in [0.15, 0.2) is 5.60 Å². The van der Waals surface area contributed by atoms with Crippen molar-refractivity contribution in [2.45, 2.75) is 117 Å². The fraction of sp³-hybridized carbons (Fsp3) is 0.793. The Morgan fingerprint density at radius 1 is 1.03 bits per heavy atom. The fourth-order valence-electron chi connectivity index (χ4n) is 7.44. The van der Waals surface area contributed by atoms with Crippen LogP contribution >= 0.6 is 0 Å². The Hall–Kier alpha value is -2.42. The number of nitrogens with zero attached hydrogens (tertiary/aromatic N) is 1. The molecule has 1 saturated carbocycles. The number of amides is 1. The highest BCUT2D eigenvalue weighted by atomic mass is 16.6. The first-order chi connectivity index (χ1) is 17.5. The van der Waals surface area contributed by atoms with Crippen LogP contribution in [-0.2, 0) is 38.1 Å². The summed E-state index contributed by atoms with van der Waals surface area (Å²) in [4.78, 5) is 51.1. The lowest BCUT2D eigenvalue weighted by atomic mass is 9.56. The molecule has 38 heavy (non-hydrogen) atoms. The second kappa shape index (κ2) is 11.0. The lowest BCUT2D eigenvalue weighted by molar-refractivity contribution is -0.215. The Morgan fingerprint density at radius 3 is 2.13 bits per heavy atom. The molecule has 2 heterocycles. The van der Waals surface area contributed by atoms with Crippen LogP contribution in [-0.4, -0.2) is 71.3 Å². The number of carbonyl (C=O) groups is 4. The van der Waals surface area contributed by atoms with E-state index in [0.717, 1.165) is 5.57 Å². The highest BCUT2D eigenvalue weighted by molar-refractivity contribution is 5.73. The molecule has 3 fully saturated rings. The van der Waals surface area contributed by atoms with Crippen molar-refractivity contribution in [1.29, 1.82) is 0 Å². The van der Waals surface area contributed by atoms with Crippen LogP contribution in [0.15, 0.2) is 12.2 Å². The number of hydrogen-bond acceptors (Lipinski definition) is 8. The lowest BCUT2D eigenvalue weighted by Crippen LogP contribution is -2.63. The van der Waals surface area contributed by atoms with E-state index < -0.39 is 47.4 Å². The summed E-state index contributed by atoms with van der Waals surface area (Å²) in [5.41, 5.74) is -1.35. The molecular formula is C29H45NO8. The van der Waals surface area contributed by atoms with Crippen LogP contribution < -0.4 is 0 Å². The van der Waals surface area contributed by atoms with Gasteiger partial charge in [-0.15, -0.1) is 0 Å². The monoisotopic (exact) mass is 535 g/mol. The number of carbonyl (C=O) groups excluding carboxylic acids is 4. The molecule has 1 aliphatic carbocycles. The van der Waals surface area contributed by atoms with Gasteiger partial charge in [-0.1, -0.05) is 26.0 Å². The van der Waals surface area contributed by atoms with Gasteiger partial charge in [0.05, 0.1) is 12.1 Å². The molecule has 2 aliphatic heterocycles. The SMILES string of the molecule is C=C1C[C@@H]2O[C@@H](C3C(C(C)C)C[C@@H](OC(C)=O)[C@](C)(OC(C)=O)C32)[C@@](C)(OC(C)=O)CCC1N(C)C(C)=O. The average molecular weight is 536 g/mol. The van der Waals surface area contributed by atoms with Gasteiger partial charge >= 0.3 is 17.9 Å². The first kappa shape index (κ1) is 30.1. The molecular weight excluding hydrogens is 490 g/mol. The van der Waals surface area contributed by atoms with E-state index in [4.69, 9.17) is 18.9 Å². The van der Waals surface area contributed by atoms with Crippen molar-refractivity contribution in [3.05, 3.63) is 12.2 Å². The van der Waals surface area contributed by atoms with Crippen molar-refractivity contribution in [3.63, 3.8) is 0 Å². The van der Waals surface area contributed by atoms with Crippen molar-refractivity contribution in [3.8, 4) is 0 Å². The molecule has 214 valence electrons. The minimum Gasteiger partial charge on any atom is -0.458 e. The van der Waals surface area contributed by atoms with Crippen LogP contribution in [0, 0.1) is 23.7 Å². The normalized spacial score (nSPS) is 38.8. The van der Waals surface area contributed by atoms with Gasteiger partial charge in [0.25, 0.3) is 0 Å². The van der Waals surface area contributed by atoms with Crippen LogP contribution in [0.4, 0.5) is 0 Å². The van der Waals surface area contributed by atoms with Gasteiger partial charge in [-0.2, -0.15) is 0 Å². The summed E-state index contributed by atoms with van der Waals surface area (Å²) < 4.78 is 24.8. The largest absolute Gasteiger partial charge is 0.458 e. The maximum absolute atomic E-state index is 12.5. The molecule has 2 bridgehead atoms. The maximum atomic E-state index is 12.5. The Kier molecular flexibility index (Phi) is 8.71. The van der Waals surface area contributed by atoms with Crippen LogP contribution in [0.25, 0.3) is 0 Å². The second-order valence-corrected chi connectivity index (χ2v) is 12.2. The molecule has 1 amide bonds. The van der Waals surface area contributed by atoms with Crippen LogP contribution in [0.1, 0.15) is 81.1 Å². The molecule has 9 heteroatoms. The Balaban J connectivity index is 2.22. The van der Waals surface area contributed by atoms with Gasteiger partial charge in [-0.05, 0) is 51.4 Å². The summed E-state index contributed by atoms with van der Waals surface area (Å²) in [6.45, 7) is 17.9. The van der Waals surface area contributed by atoms with Crippen LogP contribution in [0.5, 0.6) is 0 Å². The third kappa shape index (κ3) is 5.63. The van der Waals surface area contributed by atoms with E-state index >= 15 is 0 Å². The van der Waals surface area contributed by atoms with Crippen molar-refractivity contribution in [1.82, 2.24) is 4.90 Å². The van der Waals surface area contributed by atoms with Gasteiger partial charge in [0.2, 0.25) is 5.91 Å². The standard InChI is InChI=1S/C29H45NO8/c1-15(2)21-14-24(35-18(5)32)29(9,38-20(7)34)26-23-13-16(3)22(30(10)17(4)31)11-12-28(8,37-19(6)33)27(36-23)25(21)26/h15,21-27H,3,11-14H2,1-2,4-10H3/t21?,22?,23-,24+,25?,26?,27-,28-,29-/m0/s1. The zero-order chi connectivity index (χ0) is 28.7. The molecule has 0 aromatic heterocycles. The van der Waals surface area contributed by atoms with Crippen LogP contribution in [0.3, 0.4) is 0 Å². The van der Waals surface area contributed by atoms with Crippen molar-refractivity contribution >= 4 is 23.8 Å². The van der Waals surface area contributed by atoms with E-state index in [-0.39, 0.29) is 35.6 Å². The number of hydrogen-bond donors (Lipinski definition) is 0. The maximum Gasteiger partial charge on any atom is 0.303 e. The fourth-order valence-corrected chi connectivity index (χ4v) is 7.44. The van der Waals surface area contributed by atoms with E-state index in [9.17, 15) is 19.2 Å². The minimum absolute atomic E-state index is 0.0428. The molecule has 3 rings (SSSR count). The molecule has 3 aliphatic rings. The third-order valence-corrected chi connectivity index (χ3v) is 9.09. The predicted molar refractivity (Wildman–Crippen MR) is 140 cm³/mol. The molecule has 9 atom stereocenters. The van der Waals surface area contributed by atoms with E-state index in [1.165, 1.54) is 27.7 Å². The molecule has 0 aromatic carbocycles. The van der Waals surface area contributed by atoms with Gasteiger partial charge in [-0.3, -0.25) is 19.2 Å². The lowest BCUT2D eigenvalue weighted by Gasteiger charge is -2.53. The van der Waals surface area contributed by atoms with E-state index in [2.05, 4.69) is 20.4 Å².